The van der Waals surface area contributed by atoms with E-state index in [2.05, 4.69) is 11.1 Å². The molecule has 0 saturated heterocycles. The van der Waals surface area contributed by atoms with Gasteiger partial charge in [0.2, 0.25) is 5.88 Å². The molecule has 0 amide bonds. The smallest absolute Gasteiger partial charge is 0.338 e. The van der Waals surface area contributed by atoms with E-state index >= 15 is 0 Å². The van der Waals surface area contributed by atoms with Gasteiger partial charge in [0.15, 0.2) is 6.10 Å². The molecule has 1 aromatic carbocycles. The van der Waals surface area contributed by atoms with Crippen LogP contribution >= 0.6 is 0 Å². The molecule has 0 radical (unpaired) electrons. The van der Waals surface area contributed by atoms with Crippen LogP contribution in [0.4, 0.5) is 0 Å². The van der Waals surface area contributed by atoms with Crippen molar-refractivity contribution < 1.29 is 24.1 Å². The number of carbonyl (C=O) groups excluding carboxylic acids is 1. The van der Waals surface area contributed by atoms with E-state index in [1.807, 2.05) is 0 Å². The van der Waals surface area contributed by atoms with Gasteiger partial charge in [0.25, 0.3) is 0 Å². The van der Waals surface area contributed by atoms with Gasteiger partial charge in [-0.25, -0.2) is 9.78 Å². The number of nitrogens with zero attached hydrogens (tertiary/aromatic N) is 2. The van der Waals surface area contributed by atoms with Crippen molar-refractivity contribution in [3.8, 4) is 17.7 Å². The molecule has 140 valence electrons. The van der Waals surface area contributed by atoms with E-state index in [0.717, 1.165) is 0 Å². The zero-order valence-electron chi connectivity index (χ0n) is 15.3. The number of carbonyl (C=O) groups is 1. The first-order valence-electron chi connectivity index (χ1n) is 8.56. The Kier molecular flexibility index (Phi) is 5.02. The number of aliphatic hydroxyl groups excluding tert-OH is 1. The summed E-state index contributed by atoms with van der Waals surface area (Å²) in [5.74, 6) is 0.205. The lowest BCUT2D eigenvalue weighted by atomic mass is 9.87. The van der Waals surface area contributed by atoms with Crippen molar-refractivity contribution in [2.24, 2.45) is 0 Å². The number of hydrogen-bond acceptors (Lipinski definition) is 7. The van der Waals surface area contributed by atoms with Gasteiger partial charge in [-0.2, -0.15) is 5.26 Å². The summed E-state index contributed by atoms with van der Waals surface area (Å²) in [4.78, 5) is 16.1. The van der Waals surface area contributed by atoms with Crippen molar-refractivity contribution in [3.63, 3.8) is 0 Å². The van der Waals surface area contributed by atoms with Crippen LogP contribution in [0.5, 0.6) is 11.6 Å². The van der Waals surface area contributed by atoms with Crippen molar-refractivity contribution in [1.82, 2.24) is 4.98 Å². The second-order valence-electron chi connectivity index (χ2n) is 6.66. The average molecular weight is 368 g/mol. The summed E-state index contributed by atoms with van der Waals surface area (Å²) >= 11 is 0. The third-order valence-electron chi connectivity index (χ3n) is 4.31. The van der Waals surface area contributed by atoms with Crippen LogP contribution in [0.25, 0.3) is 0 Å². The van der Waals surface area contributed by atoms with Gasteiger partial charge in [0.1, 0.15) is 17.5 Å². The van der Waals surface area contributed by atoms with Gasteiger partial charge in [0.05, 0.1) is 23.8 Å². The Bertz CT molecular complexity index is 903. The number of nitriles is 1. The van der Waals surface area contributed by atoms with Crippen molar-refractivity contribution in [2.75, 3.05) is 6.61 Å². The summed E-state index contributed by atoms with van der Waals surface area (Å²) in [5.41, 5.74) is 0.355. The molecule has 2 atom stereocenters. The monoisotopic (exact) mass is 368 g/mol. The van der Waals surface area contributed by atoms with Crippen molar-refractivity contribution in [2.45, 2.75) is 38.6 Å². The first-order valence-corrected chi connectivity index (χ1v) is 8.56. The van der Waals surface area contributed by atoms with Crippen LogP contribution < -0.4 is 9.47 Å². The lowest BCUT2D eigenvalue weighted by Crippen LogP contribution is -2.50. The Morgan fingerprint density at radius 2 is 2.15 bits per heavy atom. The zero-order valence-corrected chi connectivity index (χ0v) is 15.3. The number of benzene rings is 1. The summed E-state index contributed by atoms with van der Waals surface area (Å²) in [6, 6.07) is 9.99. The Morgan fingerprint density at radius 1 is 1.37 bits per heavy atom. The third-order valence-corrected chi connectivity index (χ3v) is 4.31. The molecule has 7 nitrogen and oxygen atoms in total. The van der Waals surface area contributed by atoms with E-state index in [9.17, 15) is 15.2 Å². The maximum absolute atomic E-state index is 11.9. The van der Waals surface area contributed by atoms with Crippen LogP contribution in [0.15, 0.2) is 36.5 Å². The fraction of sp³-hybridized carbons (Fsp3) is 0.350. The fourth-order valence-corrected chi connectivity index (χ4v) is 2.88. The largest absolute Gasteiger partial charge is 0.485 e. The topological polar surface area (TPSA) is 102 Å². The number of hydrogen-bond donors (Lipinski definition) is 1. The Labute approximate surface area is 157 Å². The number of pyridine rings is 1. The minimum atomic E-state index is -1.02. The van der Waals surface area contributed by atoms with Gasteiger partial charge < -0.3 is 19.3 Å². The highest BCUT2D eigenvalue weighted by Crippen LogP contribution is 2.42. The SMILES string of the molecule is CCOC(=O)c1ccnc(OC2c3cc(C#N)ccc3OC(C)(C)C2O)c1. The van der Waals surface area contributed by atoms with Crippen LogP contribution in [-0.2, 0) is 4.74 Å². The first-order chi connectivity index (χ1) is 12.9. The third kappa shape index (κ3) is 3.71. The van der Waals surface area contributed by atoms with Gasteiger partial charge in [-0.15, -0.1) is 0 Å². The van der Waals surface area contributed by atoms with E-state index in [0.29, 0.717) is 22.4 Å². The van der Waals surface area contributed by atoms with Gasteiger partial charge in [-0.1, -0.05) is 0 Å². The fourth-order valence-electron chi connectivity index (χ4n) is 2.88. The lowest BCUT2D eigenvalue weighted by molar-refractivity contribution is -0.104. The number of aromatic nitrogens is 1. The Morgan fingerprint density at radius 3 is 2.85 bits per heavy atom. The number of aliphatic hydroxyl groups is 1. The van der Waals surface area contributed by atoms with E-state index < -0.39 is 23.8 Å². The average Bonchev–Trinajstić information content (AvgIpc) is 2.65. The predicted molar refractivity (Wildman–Crippen MR) is 95.4 cm³/mol. The molecule has 1 aromatic heterocycles. The number of ether oxygens (including phenoxy) is 3. The van der Waals surface area contributed by atoms with E-state index in [1.165, 1.54) is 18.3 Å². The second-order valence-corrected chi connectivity index (χ2v) is 6.66. The molecule has 2 heterocycles. The first kappa shape index (κ1) is 18.7. The molecule has 1 aliphatic rings. The summed E-state index contributed by atoms with van der Waals surface area (Å²) in [6.45, 7) is 5.48. The van der Waals surface area contributed by atoms with Crippen LogP contribution in [-0.4, -0.2) is 34.4 Å². The molecular weight excluding hydrogens is 348 g/mol. The maximum atomic E-state index is 11.9. The molecule has 27 heavy (non-hydrogen) atoms. The summed E-state index contributed by atoms with van der Waals surface area (Å²) in [7, 11) is 0. The summed E-state index contributed by atoms with van der Waals surface area (Å²) in [6.07, 6.45) is -0.403. The lowest BCUT2D eigenvalue weighted by Gasteiger charge is -2.41. The second kappa shape index (κ2) is 7.25. The molecule has 7 heteroatoms. The number of rotatable bonds is 4. The molecule has 2 unspecified atom stereocenters. The molecule has 1 N–H and O–H groups in total. The molecule has 0 fully saturated rings. The van der Waals surface area contributed by atoms with Gasteiger partial charge in [-0.05, 0) is 45.0 Å². The van der Waals surface area contributed by atoms with Crippen LogP contribution in [0.2, 0.25) is 0 Å². The molecule has 1 aliphatic heterocycles. The van der Waals surface area contributed by atoms with Crippen LogP contribution in [0.1, 0.15) is 48.4 Å². The van der Waals surface area contributed by atoms with Crippen molar-refractivity contribution in [1.29, 1.82) is 5.26 Å². The zero-order chi connectivity index (χ0) is 19.6. The summed E-state index contributed by atoms with van der Waals surface area (Å²) in [5, 5.41) is 20.0. The van der Waals surface area contributed by atoms with Crippen molar-refractivity contribution in [3.05, 3.63) is 53.2 Å². The quantitative estimate of drug-likeness (QED) is 0.828. The van der Waals surface area contributed by atoms with E-state index in [4.69, 9.17) is 14.2 Å². The standard InChI is InChI=1S/C20H20N2O5/c1-4-25-19(24)13-7-8-22-16(10-13)26-17-14-9-12(11-21)5-6-15(14)27-20(2,3)18(17)23/h5-10,17-18,23H,4H2,1-3H3. The minimum absolute atomic E-state index is 0.163. The molecule has 0 spiro atoms. The predicted octanol–water partition coefficient (Wildman–Crippen LogP) is 2.78. The maximum Gasteiger partial charge on any atom is 0.338 e. The Hall–Kier alpha value is -3.11. The minimum Gasteiger partial charge on any atom is -0.485 e. The van der Waals surface area contributed by atoms with E-state index in [1.54, 1.807) is 39.0 Å². The molecule has 3 rings (SSSR count). The molecule has 0 bridgehead atoms. The van der Waals surface area contributed by atoms with E-state index in [-0.39, 0.29) is 12.5 Å². The van der Waals surface area contributed by atoms with Gasteiger partial charge >= 0.3 is 5.97 Å². The number of fused-ring (bicyclic) bond motifs is 1. The highest BCUT2D eigenvalue weighted by atomic mass is 16.5. The highest BCUT2D eigenvalue weighted by Gasteiger charge is 2.44. The van der Waals surface area contributed by atoms with Crippen molar-refractivity contribution >= 4 is 5.97 Å². The molecule has 0 aliphatic carbocycles. The van der Waals surface area contributed by atoms with Crippen LogP contribution in [0, 0.1) is 11.3 Å². The number of esters is 1. The van der Waals surface area contributed by atoms with Gasteiger partial charge in [-0.3, -0.25) is 0 Å². The highest BCUT2D eigenvalue weighted by molar-refractivity contribution is 5.89. The molecule has 2 aromatic rings. The normalized spacial score (nSPS) is 20.0. The molecular formula is C20H20N2O5. The summed E-state index contributed by atoms with van der Waals surface area (Å²) < 4.78 is 16.8. The van der Waals surface area contributed by atoms with Crippen LogP contribution in [0.3, 0.4) is 0 Å². The van der Waals surface area contributed by atoms with Gasteiger partial charge in [0, 0.05) is 17.8 Å². The Balaban J connectivity index is 1.97. The molecule has 0 saturated carbocycles.